The number of halogens is 2. The molecular weight excluding hydrogens is 338 g/mol. The quantitative estimate of drug-likeness (QED) is 0.730. The van der Waals surface area contributed by atoms with E-state index in [4.69, 9.17) is 11.6 Å². The molecule has 1 amide bonds. The largest absolute Gasteiger partial charge is 0.305 e. The first kappa shape index (κ1) is 13.7. The van der Waals surface area contributed by atoms with Crippen molar-refractivity contribution in [2.75, 3.05) is 4.90 Å². The molecule has 1 aliphatic heterocycles. The maximum absolute atomic E-state index is 12.8. The van der Waals surface area contributed by atoms with Crippen molar-refractivity contribution in [1.82, 2.24) is 0 Å². The summed E-state index contributed by atoms with van der Waals surface area (Å²) in [6.45, 7) is 2.06. The number of fused-ring (bicyclic) bond motifs is 1. The Balaban J connectivity index is 2.05. The van der Waals surface area contributed by atoms with Gasteiger partial charge in [0.05, 0.1) is 10.6 Å². The van der Waals surface area contributed by atoms with E-state index in [9.17, 15) is 4.79 Å². The van der Waals surface area contributed by atoms with E-state index >= 15 is 0 Å². The summed E-state index contributed by atoms with van der Waals surface area (Å²) < 4.78 is 0.741. The van der Waals surface area contributed by atoms with E-state index < -0.39 is 0 Å². The van der Waals surface area contributed by atoms with E-state index in [0.29, 0.717) is 10.6 Å². The van der Waals surface area contributed by atoms with E-state index in [1.165, 1.54) is 5.56 Å². The van der Waals surface area contributed by atoms with Gasteiger partial charge in [-0.2, -0.15) is 0 Å². The lowest BCUT2D eigenvalue weighted by Gasteiger charge is -2.23. The number of nitrogens with zero attached hydrogens (tertiary/aromatic N) is 1. The van der Waals surface area contributed by atoms with Crippen molar-refractivity contribution in [1.29, 1.82) is 0 Å². The first-order chi connectivity index (χ1) is 9.59. The lowest BCUT2D eigenvalue weighted by molar-refractivity contribution is 0.0981. The van der Waals surface area contributed by atoms with Gasteiger partial charge in [-0.3, -0.25) is 4.79 Å². The van der Waals surface area contributed by atoms with Crippen molar-refractivity contribution >= 4 is 39.1 Å². The standard InChI is InChI=1S/C16H13BrClNO/c1-10-9-11-5-2-3-8-14(11)19(10)16(20)12-6-4-7-13(17)15(12)18/h2-8,10H,9H2,1H3. The second-order valence-electron chi connectivity index (χ2n) is 4.96. The van der Waals surface area contributed by atoms with Gasteiger partial charge in [0.1, 0.15) is 0 Å². The van der Waals surface area contributed by atoms with E-state index in [1.807, 2.05) is 35.2 Å². The minimum atomic E-state index is -0.0475. The molecule has 0 N–H and O–H groups in total. The zero-order valence-electron chi connectivity index (χ0n) is 10.9. The summed E-state index contributed by atoms with van der Waals surface area (Å²) in [6, 6.07) is 13.6. The van der Waals surface area contributed by atoms with E-state index in [-0.39, 0.29) is 11.9 Å². The van der Waals surface area contributed by atoms with Gasteiger partial charge in [0.2, 0.25) is 0 Å². The third kappa shape index (κ3) is 2.15. The van der Waals surface area contributed by atoms with Crippen LogP contribution in [0.3, 0.4) is 0 Å². The number of rotatable bonds is 1. The molecule has 1 aliphatic rings. The summed E-state index contributed by atoms with van der Waals surface area (Å²) in [5.41, 5.74) is 2.73. The summed E-state index contributed by atoms with van der Waals surface area (Å²) in [5, 5.41) is 0.467. The Morgan fingerprint density at radius 1 is 1.25 bits per heavy atom. The molecule has 0 spiro atoms. The fraction of sp³-hybridized carbons (Fsp3) is 0.188. The summed E-state index contributed by atoms with van der Waals surface area (Å²) in [7, 11) is 0. The van der Waals surface area contributed by atoms with Crippen LogP contribution in [-0.2, 0) is 6.42 Å². The topological polar surface area (TPSA) is 20.3 Å². The predicted molar refractivity (Wildman–Crippen MR) is 85.6 cm³/mol. The first-order valence-corrected chi connectivity index (χ1v) is 7.62. The highest BCUT2D eigenvalue weighted by atomic mass is 79.9. The molecule has 0 aliphatic carbocycles. The van der Waals surface area contributed by atoms with Gasteiger partial charge in [-0.25, -0.2) is 0 Å². The molecular formula is C16H13BrClNO. The van der Waals surface area contributed by atoms with Gasteiger partial charge in [0.15, 0.2) is 0 Å². The Kier molecular flexibility index (Phi) is 3.57. The maximum atomic E-state index is 12.8. The highest BCUT2D eigenvalue weighted by Crippen LogP contribution is 2.35. The smallest absolute Gasteiger partial charge is 0.260 e. The second-order valence-corrected chi connectivity index (χ2v) is 6.19. The van der Waals surface area contributed by atoms with Crippen molar-refractivity contribution in [3.05, 3.63) is 63.1 Å². The maximum Gasteiger partial charge on any atom is 0.260 e. The van der Waals surface area contributed by atoms with Crippen LogP contribution in [0, 0.1) is 0 Å². The Morgan fingerprint density at radius 2 is 2.00 bits per heavy atom. The number of benzene rings is 2. The fourth-order valence-electron chi connectivity index (χ4n) is 2.67. The van der Waals surface area contributed by atoms with Crippen LogP contribution in [0.15, 0.2) is 46.9 Å². The molecule has 0 bridgehead atoms. The van der Waals surface area contributed by atoms with Crippen LogP contribution in [0.5, 0.6) is 0 Å². The molecule has 2 aromatic rings. The van der Waals surface area contributed by atoms with Gasteiger partial charge in [0.25, 0.3) is 5.91 Å². The van der Waals surface area contributed by atoms with Crippen LogP contribution in [0.2, 0.25) is 5.02 Å². The number of hydrogen-bond acceptors (Lipinski definition) is 1. The zero-order chi connectivity index (χ0) is 14.3. The molecule has 0 fully saturated rings. The zero-order valence-corrected chi connectivity index (χ0v) is 13.3. The molecule has 0 radical (unpaired) electrons. The Labute approximate surface area is 131 Å². The van der Waals surface area contributed by atoms with Crippen LogP contribution >= 0.6 is 27.5 Å². The molecule has 2 nitrogen and oxygen atoms in total. The van der Waals surface area contributed by atoms with E-state index in [2.05, 4.69) is 28.9 Å². The number of hydrogen-bond donors (Lipinski definition) is 0. The minimum Gasteiger partial charge on any atom is -0.305 e. The molecule has 1 unspecified atom stereocenters. The Bertz CT molecular complexity index is 686. The van der Waals surface area contributed by atoms with Gasteiger partial charge in [-0.15, -0.1) is 0 Å². The summed E-state index contributed by atoms with van der Waals surface area (Å²) in [4.78, 5) is 14.7. The molecule has 4 heteroatoms. The first-order valence-electron chi connectivity index (χ1n) is 6.45. The molecule has 2 aromatic carbocycles. The normalized spacial score (nSPS) is 17.1. The summed E-state index contributed by atoms with van der Waals surface area (Å²) in [5.74, 6) is -0.0475. The molecule has 20 heavy (non-hydrogen) atoms. The molecule has 1 heterocycles. The average molecular weight is 351 g/mol. The van der Waals surface area contributed by atoms with Gasteiger partial charge in [-0.1, -0.05) is 35.9 Å². The van der Waals surface area contributed by atoms with E-state index in [0.717, 1.165) is 16.6 Å². The Morgan fingerprint density at radius 3 is 2.80 bits per heavy atom. The molecule has 3 rings (SSSR count). The highest BCUT2D eigenvalue weighted by Gasteiger charge is 2.32. The minimum absolute atomic E-state index is 0.0475. The van der Waals surface area contributed by atoms with Gasteiger partial charge in [0, 0.05) is 16.2 Å². The van der Waals surface area contributed by atoms with Crippen LogP contribution < -0.4 is 4.90 Å². The van der Waals surface area contributed by atoms with Crippen LogP contribution in [0.25, 0.3) is 0 Å². The van der Waals surface area contributed by atoms with Crippen molar-refractivity contribution in [3.8, 4) is 0 Å². The van der Waals surface area contributed by atoms with Crippen LogP contribution in [0.1, 0.15) is 22.8 Å². The molecule has 0 aromatic heterocycles. The second kappa shape index (κ2) is 5.23. The van der Waals surface area contributed by atoms with Gasteiger partial charge >= 0.3 is 0 Å². The van der Waals surface area contributed by atoms with Crippen molar-refractivity contribution < 1.29 is 4.79 Å². The Hall–Kier alpha value is -1.32. The predicted octanol–water partition coefficient (Wildman–Crippen LogP) is 4.69. The van der Waals surface area contributed by atoms with Gasteiger partial charge < -0.3 is 4.90 Å². The number of anilines is 1. The number of carbonyl (C=O) groups is 1. The summed E-state index contributed by atoms with van der Waals surface area (Å²) >= 11 is 9.61. The summed E-state index contributed by atoms with van der Waals surface area (Å²) in [6.07, 6.45) is 0.882. The van der Waals surface area contributed by atoms with Crippen LogP contribution in [-0.4, -0.2) is 11.9 Å². The highest BCUT2D eigenvalue weighted by molar-refractivity contribution is 9.10. The number of carbonyl (C=O) groups excluding carboxylic acids is 1. The van der Waals surface area contributed by atoms with Crippen LogP contribution in [0.4, 0.5) is 5.69 Å². The van der Waals surface area contributed by atoms with Crippen molar-refractivity contribution in [2.45, 2.75) is 19.4 Å². The number of amides is 1. The van der Waals surface area contributed by atoms with Crippen molar-refractivity contribution in [3.63, 3.8) is 0 Å². The third-order valence-corrected chi connectivity index (χ3v) is 4.90. The third-order valence-electron chi connectivity index (χ3n) is 3.61. The lowest BCUT2D eigenvalue weighted by Crippen LogP contribution is -2.35. The SMILES string of the molecule is CC1Cc2ccccc2N1C(=O)c1cccc(Br)c1Cl. The van der Waals surface area contributed by atoms with E-state index in [1.54, 1.807) is 6.07 Å². The van der Waals surface area contributed by atoms with Gasteiger partial charge in [-0.05, 0) is 53.0 Å². The molecule has 0 saturated heterocycles. The fourth-order valence-corrected chi connectivity index (χ4v) is 3.25. The average Bonchev–Trinajstić information content (AvgIpc) is 2.77. The molecule has 102 valence electrons. The van der Waals surface area contributed by atoms with Crippen molar-refractivity contribution in [2.24, 2.45) is 0 Å². The molecule has 0 saturated carbocycles. The molecule has 1 atom stereocenters. The number of para-hydroxylation sites is 1. The lowest BCUT2D eigenvalue weighted by atomic mass is 10.1. The monoisotopic (exact) mass is 349 g/mol.